The van der Waals surface area contributed by atoms with Crippen LogP contribution in [0.1, 0.15) is 16.7 Å². The fourth-order valence-electron chi connectivity index (χ4n) is 1.85. The predicted octanol–water partition coefficient (Wildman–Crippen LogP) is 1.78. The molecule has 0 aliphatic rings. The number of benzene rings is 1. The second-order valence-electron chi connectivity index (χ2n) is 4.39. The Morgan fingerprint density at radius 2 is 2.32 bits per heavy atom. The van der Waals surface area contributed by atoms with E-state index in [4.69, 9.17) is 5.26 Å². The van der Waals surface area contributed by atoms with Crippen molar-refractivity contribution in [1.82, 2.24) is 9.78 Å². The molecule has 0 aliphatic heterocycles. The predicted molar refractivity (Wildman–Crippen MR) is 71.4 cm³/mol. The summed E-state index contributed by atoms with van der Waals surface area (Å²) in [5.74, 6) is 0.128. The highest BCUT2D eigenvalue weighted by Gasteiger charge is 2.11. The maximum atomic E-state index is 11.9. The number of aromatic nitrogens is 2. The molecular formula is C14H14N4O. The van der Waals surface area contributed by atoms with E-state index in [-0.39, 0.29) is 12.3 Å². The number of nitrogens with zero attached hydrogens (tertiary/aromatic N) is 3. The van der Waals surface area contributed by atoms with Gasteiger partial charge >= 0.3 is 0 Å². The highest BCUT2D eigenvalue weighted by Crippen LogP contribution is 2.12. The van der Waals surface area contributed by atoms with Gasteiger partial charge in [0.05, 0.1) is 6.42 Å². The summed E-state index contributed by atoms with van der Waals surface area (Å²) < 4.78 is 1.50. The fourth-order valence-corrected chi connectivity index (χ4v) is 1.85. The van der Waals surface area contributed by atoms with Crippen molar-refractivity contribution in [2.45, 2.75) is 13.3 Å². The Morgan fingerprint density at radius 3 is 3.00 bits per heavy atom. The molecule has 1 amide bonds. The minimum Gasteiger partial charge on any atom is -0.308 e. The van der Waals surface area contributed by atoms with Crippen molar-refractivity contribution >= 4 is 11.7 Å². The van der Waals surface area contributed by atoms with Crippen LogP contribution >= 0.6 is 0 Å². The summed E-state index contributed by atoms with van der Waals surface area (Å²) >= 11 is 0. The fraction of sp³-hybridized carbons (Fsp3) is 0.214. The van der Waals surface area contributed by atoms with Gasteiger partial charge in [-0.05, 0) is 12.5 Å². The Labute approximate surface area is 111 Å². The molecule has 0 radical (unpaired) electrons. The van der Waals surface area contributed by atoms with E-state index in [1.807, 2.05) is 37.3 Å². The number of nitrogens with one attached hydrogen (secondary N) is 1. The summed E-state index contributed by atoms with van der Waals surface area (Å²) in [5, 5.41) is 15.6. The summed E-state index contributed by atoms with van der Waals surface area (Å²) in [7, 11) is 1.71. The molecule has 96 valence electrons. The van der Waals surface area contributed by atoms with Crippen molar-refractivity contribution in [3.8, 4) is 6.07 Å². The minimum absolute atomic E-state index is 0.180. The minimum atomic E-state index is -0.180. The maximum absolute atomic E-state index is 11.9. The second-order valence-corrected chi connectivity index (χ2v) is 4.39. The van der Waals surface area contributed by atoms with E-state index in [2.05, 4.69) is 10.4 Å². The van der Waals surface area contributed by atoms with Crippen molar-refractivity contribution in [2.75, 3.05) is 5.32 Å². The average Bonchev–Trinajstić information content (AvgIpc) is 2.69. The molecule has 0 spiro atoms. The SMILES string of the molecule is Cc1cccc(CC(=O)Nc2nn(C)cc2C#N)c1. The quantitative estimate of drug-likeness (QED) is 0.907. The highest BCUT2D eigenvalue weighted by atomic mass is 16.1. The van der Waals surface area contributed by atoms with E-state index in [9.17, 15) is 4.79 Å². The van der Waals surface area contributed by atoms with Crippen molar-refractivity contribution in [3.05, 3.63) is 47.2 Å². The van der Waals surface area contributed by atoms with Gasteiger partial charge in [0.15, 0.2) is 5.82 Å². The number of aryl methyl sites for hydroxylation is 2. The molecular weight excluding hydrogens is 240 g/mol. The summed E-state index contributed by atoms with van der Waals surface area (Å²) in [6.07, 6.45) is 1.84. The first-order valence-electron chi connectivity index (χ1n) is 5.87. The molecule has 0 saturated heterocycles. The molecule has 0 saturated carbocycles. The Hall–Kier alpha value is -2.61. The summed E-state index contributed by atoms with van der Waals surface area (Å²) in [4.78, 5) is 11.9. The molecule has 0 fully saturated rings. The lowest BCUT2D eigenvalue weighted by molar-refractivity contribution is -0.115. The van der Waals surface area contributed by atoms with Crippen LogP contribution < -0.4 is 5.32 Å². The summed E-state index contributed by atoms with van der Waals surface area (Å²) in [5.41, 5.74) is 2.41. The third-order valence-electron chi connectivity index (χ3n) is 2.65. The normalized spacial score (nSPS) is 9.95. The van der Waals surface area contributed by atoms with Gasteiger partial charge in [0.1, 0.15) is 11.6 Å². The molecule has 0 unspecified atom stereocenters. The van der Waals surface area contributed by atoms with Gasteiger partial charge in [-0.3, -0.25) is 9.48 Å². The summed E-state index contributed by atoms with van der Waals surface area (Å²) in [6, 6.07) is 9.75. The smallest absolute Gasteiger partial charge is 0.230 e. The molecule has 2 aromatic rings. The van der Waals surface area contributed by atoms with E-state index in [0.29, 0.717) is 11.4 Å². The molecule has 5 nitrogen and oxygen atoms in total. The van der Waals surface area contributed by atoms with Gasteiger partial charge in [0.25, 0.3) is 0 Å². The monoisotopic (exact) mass is 254 g/mol. The maximum Gasteiger partial charge on any atom is 0.230 e. The first kappa shape index (κ1) is 12.8. The van der Waals surface area contributed by atoms with E-state index in [1.165, 1.54) is 4.68 Å². The van der Waals surface area contributed by atoms with Gasteiger partial charge in [-0.1, -0.05) is 29.8 Å². The lowest BCUT2D eigenvalue weighted by Crippen LogP contribution is -2.15. The van der Waals surface area contributed by atoms with Gasteiger partial charge in [0.2, 0.25) is 5.91 Å². The molecule has 5 heteroatoms. The number of rotatable bonds is 3. The number of hydrogen-bond donors (Lipinski definition) is 1. The Morgan fingerprint density at radius 1 is 1.53 bits per heavy atom. The van der Waals surface area contributed by atoms with Crippen LogP contribution in [0.5, 0.6) is 0 Å². The first-order valence-corrected chi connectivity index (χ1v) is 5.87. The zero-order valence-corrected chi connectivity index (χ0v) is 10.8. The van der Waals surface area contributed by atoms with Crippen molar-refractivity contribution < 1.29 is 4.79 Å². The Bertz CT molecular complexity index is 652. The Balaban J connectivity index is 2.08. The van der Waals surface area contributed by atoms with Crippen LogP contribution in [0.25, 0.3) is 0 Å². The van der Waals surface area contributed by atoms with E-state index >= 15 is 0 Å². The zero-order chi connectivity index (χ0) is 13.8. The van der Waals surface area contributed by atoms with Crippen LogP contribution in [0, 0.1) is 18.3 Å². The number of carbonyl (C=O) groups is 1. The third kappa shape index (κ3) is 3.19. The topological polar surface area (TPSA) is 70.7 Å². The van der Waals surface area contributed by atoms with E-state index in [0.717, 1.165) is 11.1 Å². The zero-order valence-electron chi connectivity index (χ0n) is 10.8. The molecule has 1 aromatic carbocycles. The van der Waals surface area contributed by atoms with E-state index in [1.54, 1.807) is 13.2 Å². The standard InChI is InChI=1S/C14H14N4O/c1-10-4-3-5-11(6-10)7-13(19)16-14-12(8-15)9-18(2)17-14/h3-6,9H,7H2,1-2H3,(H,16,17,19). The van der Waals surface area contributed by atoms with Crippen LogP contribution in [0.4, 0.5) is 5.82 Å². The number of anilines is 1. The molecule has 0 atom stereocenters. The number of carbonyl (C=O) groups excluding carboxylic acids is 1. The molecule has 0 bridgehead atoms. The molecule has 1 N–H and O–H groups in total. The van der Waals surface area contributed by atoms with Crippen LogP contribution in [0.15, 0.2) is 30.5 Å². The molecule has 19 heavy (non-hydrogen) atoms. The van der Waals surface area contributed by atoms with Crippen LogP contribution in [0.3, 0.4) is 0 Å². The number of amides is 1. The lowest BCUT2D eigenvalue weighted by atomic mass is 10.1. The molecule has 1 heterocycles. The third-order valence-corrected chi connectivity index (χ3v) is 2.65. The van der Waals surface area contributed by atoms with Gasteiger partial charge in [-0.25, -0.2) is 0 Å². The van der Waals surface area contributed by atoms with Crippen LogP contribution in [-0.2, 0) is 18.3 Å². The second kappa shape index (κ2) is 5.36. The lowest BCUT2D eigenvalue weighted by Gasteiger charge is -2.03. The molecule has 0 aliphatic carbocycles. The summed E-state index contributed by atoms with van der Waals surface area (Å²) in [6.45, 7) is 1.98. The number of nitriles is 1. The molecule has 1 aromatic heterocycles. The van der Waals surface area contributed by atoms with Crippen molar-refractivity contribution in [2.24, 2.45) is 7.05 Å². The van der Waals surface area contributed by atoms with Crippen molar-refractivity contribution in [1.29, 1.82) is 5.26 Å². The average molecular weight is 254 g/mol. The van der Waals surface area contributed by atoms with Gasteiger partial charge < -0.3 is 5.32 Å². The highest BCUT2D eigenvalue weighted by molar-refractivity contribution is 5.92. The van der Waals surface area contributed by atoms with Gasteiger partial charge in [0, 0.05) is 13.2 Å². The first-order chi connectivity index (χ1) is 9.08. The molecule has 2 rings (SSSR count). The number of hydrogen-bond acceptors (Lipinski definition) is 3. The van der Waals surface area contributed by atoms with Crippen molar-refractivity contribution in [3.63, 3.8) is 0 Å². The van der Waals surface area contributed by atoms with Gasteiger partial charge in [-0.15, -0.1) is 0 Å². The van der Waals surface area contributed by atoms with Crippen LogP contribution in [0.2, 0.25) is 0 Å². The Kier molecular flexibility index (Phi) is 3.62. The largest absolute Gasteiger partial charge is 0.308 e. The van der Waals surface area contributed by atoms with E-state index < -0.39 is 0 Å². The van der Waals surface area contributed by atoms with Gasteiger partial charge in [-0.2, -0.15) is 10.4 Å². The van der Waals surface area contributed by atoms with Crippen LogP contribution in [-0.4, -0.2) is 15.7 Å².